The Morgan fingerprint density at radius 3 is 2.19 bits per heavy atom. The molecule has 2 N–H and O–H groups in total. The molecule has 0 bridgehead atoms. The van der Waals surface area contributed by atoms with Crippen LogP contribution in [0.4, 0.5) is 0 Å². The van der Waals surface area contributed by atoms with Gasteiger partial charge in [-0.2, -0.15) is 0 Å². The average molecular weight is 503 g/mol. The summed E-state index contributed by atoms with van der Waals surface area (Å²) in [5.41, 5.74) is 9.57. The number of primary amides is 1. The van der Waals surface area contributed by atoms with Gasteiger partial charge in [-0.25, -0.2) is 0 Å². The van der Waals surface area contributed by atoms with E-state index in [0.717, 1.165) is 60.3 Å². The van der Waals surface area contributed by atoms with Crippen LogP contribution < -0.4 is 15.2 Å². The lowest BCUT2D eigenvalue weighted by atomic mass is 9.71. The Hall–Kier alpha value is -2.61. The molecule has 170 valence electrons. The highest BCUT2D eigenvalue weighted by molar-refractivity contribution is 9.10. The topological polar surface area (TPSA) is 98.9 Å². The molecule has 32 heavy (non-hydrogen) atoms. The summed E-state index contributed by atoms with van der Waals surface area (Å²) in [5, 5.41) is 0. The second-order valence-electron chi connectivity index (χ2n) is 8.24. The second kappa shape index (κ2) is 9.10. The van der Waals surface area contributed by atoms with Crippen molar-refractivity contribution >= 4 is 33.4 Å². The van der Waals surface area contributed by atoms with E-state index < -0.39 is 11.8 Å². The van der Waals surface area contributed by atoms with E-state index in [1.54, 1.807) is 6.07 Å². The van der Waals surface area contributed by atoms with Crippen LogP contribution in [0.15, 0.2) is 39.1 Å². The van der Waals surface area contributed by atoms with Crippen LogP contribution in [-0.4, -0.2) is 42.6 Å². The summed E-state index contributed by atoms with van der Waals surface area (Å²) >= 11 is 3.52. The Morgan fingerprint density at radius 1 is 1.09 bits per heavy atom. The van der Waals surface area contributed by atoms with Crippen molar-refractivity contribution in [2.75, 3.05) is 20.3 Å². The van der Waals surface area contributed by atoms with Crippen molar-refractivity contribution in [2.24, 2.45) is 5.73 Å². The molecule has 0 unspecified atom stereocenters. The van der Waals surface area contributed by atoms with E-state index in [2.05, 4.69) is 27.8 Å². The van der Waals surface area contributed by atoms with Gasteiger partial charge in [-0.05, 0) is 66.2 Å². The normalized spacial score (nSPS) is 19.2. The van der Waals surface area contributed by atoms with E-state index in [0.29, 0.717) is 28.8 Å². The van der Waals surface area contributed by atoms with Crippen LogP contribution in [0.3, 0.4) is 0 Å². The highest BCUT2D eigenvalue weighted by Crippen LogP contribution is 2.51. The van der Waals surface area contributed by atoms with E-state index in [4.69, 9.17) is 15.2 Å². The lowest BCUT2D eigenvalue weighted by Crippen LogP contribution is -2.39. The molecule has 3 aliphatic rings. The number of amides is 1. The van der Waals surface area contributed by atoms with Gasteiger partial charge in [-0.3, -0.25) is 14.4 Å². The van der Waals surface area contributed by atoms with Gasteiger partial charge in [0, 0.05) is 47.8 Å². The molecule has 0 atom stereocenters. The largest absolute Gasteiger partial charge is 0.493 e. The molecular weight excluding hydrogens is 476 g/mol. The third kappa shape index (κ3) is 3.85. The maximum absolute atomic E-state index is 13.2. The summed E-state index contributed by atoms with van der Waals surface area (Å²) in [7, 11) is 1.51. The number of carbonyl (C=O) groups is 3. The van der Waals surface area contributed by atoms with E-state index in [-0.39, 0.29) is 18.2 Å². The zero-order valence-electron chi connectivity index (χ0n) is 18.3. The van der Waals surface area contributed by atoms with Gasteiger partial charge in [0.25, 0.3) is 5.91 Å². The Labute approximate surface area is 195 Å². The minimum Gasteiger partial charge on any atom is -0.493 e. The van der Waals surface area contributed by atoms with Crippen molar-refractivity contribution in [1.29, 1.82) is 0 Å². The van der Waals surface area contributed by atoms with Crippen LogP contribution in [0, 0.1) is 0 Å². The van der Waals surface area contributed by atoms with Crippen LogP contribution in [-0.2, 0) is 14.4 Å². The van der Waals surface area contributed by atoms with Gasteiger partial charge in [0.1, 0.15) is 0 Å². The fraction of sp³-hybridized carbons (Fsp3) is 0.458. The number of nitrogens with two attached hydrogens (primary N) is 1. The van der Waals surface area contributed by atoms with Crippen molar-refractivity contribution < 1.29 is 23.9 Å². The number of ether oxygens (including phenoxy) is 2. The first-order chi connectivity index (χ1) is 15.4. The molecule has 0 saturated heterocycles. The standard InChI is InChI=1S/C24H27BrN2O5/c1-3-27-15-6-4-8-17(28)22(15)21(23-16(27)7-5-9-18(23)29)13-10-14(25)24(19(11-13)31-2)32-12-20(26)30/h10-11,21H,3-9,12H2,1-2H3,(H2,26,30). The number of halogens is 1. The van der Waals surface area contributed by atoms with E-state index >= 15 is 0 Å². The molecule has 1 heterocycles. The quantitative estimate of drug-likeness (QED) is 0.635. The number of allylic oxidation sites excluding steroid dienone is 4. The number of hydrogen-bond donors (Lipinski definition) is 1. The van der Waals surface area contributed by atoms with Gasteiger partial charge in [-0.15, -0.1) is 0 Å². The molecule has 0 saturated carbocycles. The summed E-state index contributed by atoms with van der Waals surface area (Å²) in [6.07, 6.45) is 4.28. The molecule has 1 amide bonds. The van der Waals surface area contributed by atoms with Crippen LogP contribution in [0.25, 0.3) is 0 Å². The fourth-order valence-corrected chi connectivity index (χ4v) is 5.70. The number of ketones is 2. The number of rotatable bonds is 6. The van der Waals surface area contributed by atoms with Crippen molar-refractivity contribution in [2.45, 2.75) is 51.4 Å². The van der Waals surface area contributed by atoms with Gasteiger partial charge in [0.2, 0.25) is 0 Å². The maximum atomic E-state index is 13.2. The zero-order chi connectivity index (χ0) is 23.0. The first-order valence-corrected chi connectivity index (χ1v) is 11.7. The van der Waals surface area contributed by atoms with Crippen LogP contribution in [0.5, 0.6) is 11.5 Å². The van der Waals surface area contributed by atoms with Crippen LogP contribution in [0.1, 0.15) is 56.9 Å². The Balaban J connectivity index is 1.90. The van der Waals surface area contributed by atoms with Gasteiger partial charge in [0.15, 0.2) is 29.7 Å². The first kappa shape index (κ1) is 22.6. The predicted octanol–water partition coefficient (Wildman–Crippen LogP) is 3.76. The maximum Gasteiger partial charge on any atom is 0.255 e. The Kier molecular flexibility index (Phi) is 6.42. The number of hydrogen-bond acceptors (Lipinski definition) is 6. The van der Waals surface area contributed by atoms with Crippen molar-refractivity contribution in [1.82, 2.24) is 4.90 Å². The third-order valence-electron chi connectivity index (χ3n) is 6.35. The number of nitrogens with zero attached hydrogens (tertiary/aromatic N) is 1. The third-order valence-corrected chi connectivity index (χ3v) is 6.94. The number of Topliss-reactive ketones (excluding diaryl/α,β-unsaturated/α-hetero) is 2. The van der Waals surface area contributed by atoms with Crippen LogP contribution >= 0.6 is 15.9 Å². The van der Waals surface area contributed by atoms with E-state index in [1.165, 1.54) is 7.11 Å². The SMILES string of the molecule is CCN1C2=C(C(=O)CCC2)C(c2cc(Br)c(OCC(N)=O)c(OC)c2)C2=C1CCCC2=O. The molecule has 2 aliphatic carbocycles. The lowest BCUT2D eigenvalue weighted by molar-refractivity contribution is -0.120. The van der Waals surface area contributed by atoms with Crippen molar-refractivity contribution in [3.05, 3.63) is 44.7 Å². The molecule has 1 aromatic rings. The van der Waals surface area contributed by atoms with Gasteiger partial charge < -0.3 is 20.1 Å². The van der Waals surface area contributed by atoms with E-state index in [9.17, 15) is 14.4 Å². The van der Waals surface area contributed by atoms with Crippen LogP contribution in [0.2, 0.25) is 0 Å². The minimum absolute atomic E-state index is 0.101. The number of methoxy groups -OCH3 is 1. The number of carbonyl (C=O) groups excluding carboxylic acids is 3. The second-order valence-corrected chi connectivity index (χ2v) is 9.09. The summed E-state index contributed by atoms with van der Waals surface area (Å²) in [6, 6.07) is 3.65. The smallest absolute Gasteiger partial charge is 0.255 e. The summed E-state index contributed by atoms with van der Waals surface area (Å²) in [5.74, 6) is -0.0646. The van der Waals surface area contributed by atoms with Gasteiger partial charge >= 0.3 is 0 Å². The highest BCUT2D eigenvalue weighted by Gasteiger charge is 2.43. The fourth-order valence-electron chi connectivity index (χ4n) is 5.12. The molecule has 1 aliphatic heterocycles. The molecule has 0 fully saturated rings. The predicted molar refractivity (Wildman–Crippen MR) is 122 cm³/mol. The minimum atomic E-state index is -0.597. The molecule has 7 nitrogen and oxygen atoms in total. The van der Waals surface area contributed by atoms with Gasteiger partial charge in [-0.1, -0.05) is 0 Å². The zero-order valence-corrected chi connectivity index (χ0v) is 19.9. The molecule has 0 radical (unpaired) electrons. The molecule has 4 rings (SSSR count). The molecule has 8 heteroatoms. The summed E-state index contributed by atoms with van der Waals surface area (Å²) < 4.78 is 11.6. The Morgan fingerprint density at radius 2 is 1.69 bits per heavy atom. The van der Waals surface area contributed by atoms with Gasteiger partial charge in [0.05, 0.1) is 11.6 Å². The molecular formula is C24H27BrN2O5. The number of benzene rings is 1. The lowest BCUT2D eigenvalue weighted by Gasteiger charge is -2.43. The average Bonchev–Trinajstić information content (AvgIpc) is 2.76. The summed E-state index contributed by atoms with van der Waals surface area (Å²) in [4.78, 5) is 39.8. The Bertz CT molecular complexity index is 1010. The molecule has 0 aromatic heterocycles. The monoisotopic (exact) mass is 502 g/mol. The highest BCUT2D eigenvalue weighted by atomic mass is 79.9. The van der Waals surface area contributed by atoms with E-state index in [1.807, 2.05) is 6.07 Å². The summed E-state index contributed by atoms with van der Waals surface area (Å²) in [6.45, 7) is 2.51. The van der Waals surface area contributed by atoms with Crippen molar-refractivity contribution in [3.63, 3.8) is 0 Å². The molecule has 0 spiro atoms. The first-order valence-electron chi connectivity index (χ1n) is 11.0. The molecule has 1 aromatic carbocycles. The van der Waals surface area contributed by atoms with Crippen molar-refractivity contribution in [3.8, 4) is 11.5 Å².